The Labute approximate surface area is 110 Å². The number of hydrogen-bond donors (Lipinski definition) is 1. The summed E-state index contributed by atoms with van der Waals surface area (Å²) in [6, 6.07) is 5.31. The first-order valence-electron chi connectivity index (χ1n) is 5.75. The number of halogens is 1. The highest BCUT2D eigenvalue weighted by molar-refractivity contribution is 6.30. The molecule has 0 aliphatic carbocycles. The third kappa shape index (κ3) is 1.87. The molecule has 0 saturated carbocycles. The minimum absolute atomic E-state index is 0.179. The van der Waals surface area contributed by atoms with Crippen LogP contribution in [0.2, 0.25) is 5.02 Å². The molecular formula is C13H13ClN2O2. The van der Waals surface area contributed by atoms with Crippen LogP contribution in [0.5, 0.6) is 5.75 Å². The average Bonchev–Trinajstić information content (AvgIpc) is 2.76. The number of ether oxygens (including phenoxy) is 1. The third-order valence-corrected chi connectivity index (χ3v) is 3.46. The molecule has 2 heterocycles. The van der Waals surface area contributed by atoms with Crippen molar-refractivity contribution in [3.8, 4) is 5.75 Å². The zero-order chi connectivity index (χ0) is 12.7. The second kappa shape index (κ2) is 4.30. The summed E-state index contributed by atoms with van der Waals surface area (Å²) < 4.78 is 7.80. The molecule has 0 spiro atoms. The van der Waals surface area contributed by atoms with Crippen molar-refractivity contribution in [2.45, 2.75) is 18.6 Å². The second-order valence-electron chi connectivity index (χ2n) is 4.47. The molecule has 3 rings (SSSR count). The van der Waals surface area contributed by atoms with E-state index in [1.807, 2.05) is 11.6 Å². The molecule has 5 heteroatoms. The van der Waals surface area contributed by atoms with Crippen molar-refractivity contribution in [2.75, 3.05) is 0 Å². The summed E-state index contributed by atoms with van der Waals surface area (Å²) in [5, 5.41) is 10.8. The molecular weight excluding hydrogens is 252 g/mol. The van der Waals surface area contributed by atoms with E-state index in [0.29, 0.717) is 17.2 Å². The van der Waals surface area contributed by atoms with Gasteiger partial charge in [-0.25, -0.2) is 4.98 Å². The van der Waals surface area contributed by atoms with Crippen LogP contribution in [0.1, 0.15) is 29.9 Å². The summed E-state index contributed by atoms with van der Waals surface area (Å²) in [6.45, 7) is 0. The molecule has 2 unspecified atom stereocenters. The van der Waals surface area contributed by atoms with E-state index in [-0.39, 0.29) is 6.10 Å². The van der Waals surface area contributed by atoms with Crippen LogP contribution in [0.25, 0.3) is 0 Å². The van der Waals surface area contributed by atoms with Crippen LogP contribution in [-0.2, 0) is 7.05 Å². The van der Waals surface area contributed by atoms with Crippen molar-refractivity contribution in [1.82, 2.24) is 9.55 Å². The van der Waals surface area contributed by atoms with Gasteiger partial charge in [0, 0.05) is 24.1 Å². The SMILES string of the molecule is Cn1cncc1C1CC(O)c2cc(Cl)ccc2O1. The Morgan fingerprint density at radius 2 is 2.33 bits per heavy atom. The van der Waals surface area contributed by atoms with E-state index in [9.17, 15) is 5.11 Å². The van der Waals surface area contributed by atoms with Crippen molar-refractivity contribution in [2.24, 2.45) is 7.05 Å². The Hall–Kier alpha value is -1.52. The molecule has 1 N–H and O–H groups in total. The van der Waals surface area contributed by atoms with Gasteiger partial charge in [0.1, 0.15) is 11.9 Å². The summed E-state index contributed by atoms with van der Waals surface area (Å²) in [7, 11) is 1.91. The van der Waals surface area contributed by atoms with E-state index in [4.69, 9.17) is 16.3 Å². The molecule has 4 nitrogen and oxygen atoms in total. The number of aliphatic hydroxyl groups excluding tert-OH is 1. The van der Waals surface area contributed by atoms with Gasteiger partial charge in [-0.05, 0) is 18.2 Å². The van der Waals surface area contributed by atoms with E-state index < -0.39 is 6.10 Å². The molecule has 1 aromatic carbocycles. The van der Waals surface area contributed by atoms with Crippen LogP contribution in [0, 0.1) is 0 Å². The van der Waals surface area contributed by atoms with Gasteiger partial charge in [0.15, 0.2) is 0 Å². The maximum Gasteiger partial charge on any atom is 0.143 e. The van der Waals surface area contributed by atoms with Gasteiger partial charge in [-0.15, -0.1) is 0 Å². The maximum atomic E-state index is 10.2. The monoisotopic (exact) mass is 264 g/mol. The fraction of sp³-hybridized carbons (Fsp3) is 0.308. The lowest BCUT2D eigenvalue weighted by atomic mass is 9.98. The molecule has 1 aromatic heterocycles. The fourth-order valence-corrected chi connectivity index (χ4v) is 2.46. The zero-order valence-electron chi connectivity index (χ0n) is 9.88. The number of hydrogen-bond acceptors (Lipinski definition) is 3. The largest absolute Gasteiger partial charge is 0.484 e. The fourth-order valence-electron chi connectivity index (χ4n) is 2.28. The summed E-state index contributed by atoms with van der Waals surface area (Å²) in [4.78, 5) is 4.07. The number of nitrogens with zero attached hydrogens (tertiary/aromatic N) is 2. The lowest BCUT2D eigenvalue weighted by Gasteiger charge is -2.29. The number of aliphatic hydroxyl groups is 1. The number of rotatable bonds is 1. The van der Waals surface area contributed by atoms with Gasteiger partial charge in [0.05, 0.1) is 24.3 Å². The molecule has 2 atom stereocenters. The number of benzene rings is 1. The predicted molar refractivity (Wildman–Crippen MR) is 67.6 cm³/mol. The zero-order valence-corrected chi connectivity index (χ0v) is 10.6. The average molecular weight is 265 g/mol. The van der Waals surface area contributed by atoms with Gasteiger partial charge in [0.25, 0.3) is 0 Å². The first kappa shape index (κ1) is 11.6. The molecule has 0 amide bonds. The highest BCUT2D eigenvalue weighted by Gasteiger charge is 2.29. The van der Waals surface area contributed by atoms with Gasteiger partial charge in [0.2, 0.25) is 0 Å². The number of aryl methyl sites for hydroxylation is 1. The normalized spacial score (nSPS) is 22.4. The van der Waals surface area contributed by atoms with Gasteiger partial charge in [-0.3, -0.25) is 0 Å². The van der Waals surface area contributed by atoms with E-state index >= 15 is 0 Å². The Morgan fingerprint density at radius 1 is 1.50 bits per heavy atom. The summed E-state index contributed by atoms with van der Waals surface area (Å²) in [5.74, 6) is 0.685. The Bertz CT molecular complexity index is 582. The van der Waals surface area contributed by atoms with Crippen LogP contribution in [0.15, 0.2) is 30.7 Å². The molecule has 94 valence electrons. The molecule has 2 aromatic rings. The molecule has 0 bridgehead atoms. The van der Waals surface area contributed by atoms with Crippen molar-refractivity contribution >= 4 is 11.6 Å². The van der Waals surface area contributed by atoms with Crippen molar-refractivity contribution in [3.63, 3.8) is 0 Å². The topological polar surface area (TPSA) is 47.3 Å². The molecule has 0 radical (unpaired) electrons. The molecule has 18 heavy (non-hydrogen) atoms. The van der Waals surface area contributed by atoms with Crippen LogP contribution < -0.4 is 4.74 Å². The van der Waals surface area contributed by atoms with Crippen molar-refractivity contribution in [3.05, 3.63) is 47.0 Å². The lowest BCUT2D eigenvalue weighted by Crippen LogP contribution is -2.20. The van der Waals surface area contributed by atoms with Crippen LogP contribution in [-0.4, -0.2) is 14.7 Å². The first-order chi connectivity index (χ1) is 8.65. The predicted octanol–water partition coefficient (Wildman–Crippen LogP) is 2.63. The summed E-state index contributed by atoms with van der Waals surface area (Å²) in [6.07, 6.45) is 3.25. The third-order valence-electron chi connectivity index (χ3n) is 3.22. The maximum absolute atomic E-state index is 10.2. The number of aromatic nitrogens is 2. The first-order valence-corrected chi connectivity index (χ1v) is 6.13. The minimum atomic E-state index is -0.563. The standard InChI is InChI=1S/C13H13ClN2O2/c1-16-7-15-6-10(16)13-5-11(17)9-4-8(14)2-3-12(9)18-13/h2-4,6-7,11,13,17H,5H2,1H3. The Morgan fingerprint density at radius 3 is 3.06 bits per heavy atom. The Kier molecular flexibility index (Phi) is 2.76. The second-order valence-corrected chi connectivity index (χ2v) is 4.91. The van der Waals surface area contributed by atoms with E-state index in [1.54, 1.807) is 30.7 Å². The highest BCUT2D eigenvalue weighted by atomic mass is 35.5. The van der Waals surface area contributed by atoms with Gasteiger partial charge in [-0.1, -0.05) is 11.6 Å². The van der Waals surface area contributed by atoms with Crippen molar-refractivity contribution < 1.29 is 9.84 Å². The van der Waals surface area contributed by atoms with E-state index in [2.05, 4.69) is 4.98 Å². The van der Waals surface area contributed by atoms with Crippen LogP contribution in [0.4, 0.5) is 0 Å². The van der Waals surface area contributed by atoms with E-state index in [0.717, 1.165) is 11.3 Å². The van der Waals surface area contributed by atoms with Crippen LogP contribution in [0.3, 0.4) is 0 Å². The molecule has 1 aliphatic rings. The molecule has 0 fully saturated rings. The molecule has 0 saturated heterocycles. The summed E-state index contributed by atoms with van der Waals surface area (Å²) in [5.41, 5.74) is 1.70. The number of fused-ring (bicyclic) bond motifs is 1. The highest BCUT2D eigenvalue weighted by Crippen LogP contribution is 2.41. The van der Waals surface area contributed by atoms with Gasteiger partial charge < -0.3 is 14.4 Å². The quantitative estimate of drug-likeness (QED) is 0.861. The van der Waals surface area contributed by atoms with Crippen LogP contribution >= 0.6 is 11.6 Å². The van der Waals surface area contributed by atoms with Crippen molar-refractivity contribution in [1.29, 1.82) is 0 Å². The van der Waals surface area contributed by atoms with Gasteiger partial charge >= 0.3 is 0 Å². The minimum Gasteiger partial charge on any atom is -0.484 e. The summed E-state index contributed by atoms with van der Waals surface area (Å²) >= 11 is 5.92. The smallest absolute Gasteiger partial charge is 0.143 e. The lowest BCUT2D eigenvalue weighted by molar-refractivity contribution is 0.0623. The van der Waals surface area contributed by atoms with E-state index in [1.165, 1.54) is 0 Å². The Balaban J connectivity index is 1.97. The number of imidazole rings is 1. The van der Waals surface area contributed by atoms with Gasteiger partial charge in [-0.2, -0.15) is 0 Å². The molecule has 1 aliphatic heterocycles.